The number of halogens is 1. The van der Waals surface area contributed by atoms with E-state index in [2.05, 4.69) is 25.8 Å². The summed E-state index contributed by atoms with van der Waals surface area (Å²) >= 11 is 5.99. The predicted octanol–water partition coefficient (Wildman–Crippen LogP) is 3.32. The van der Waals surface area contributed by atoms with Gasteiger partial charge in [0.15, 0.2) is 0 Å². The molecule has 16 heavy (non-hydrogen) atoms. The van der Waals surface area contributed by atoms with Gasteiger partial charge in [-0.25, -0.2) is 4.98 Å². The zero-order chi connectivity index (χ0) is 11.9. The SMILES string of the molecule is CC(C)(C)Cn1c(N)nc2ccc(Cl)cc21. The van der Waals surface area contributed by atoms with Gasteiger partial charge in [-0.15, -0.1) is 0 Å². The summed E-state index contributed by atoms with van der Waals surface area (Å²) in [6.45, 7) is 7.34. The van der Waals surface area contributed by atoms with Crippen molar-refractivity contribution in [2.45, 2.75) is 27.3 Å². The number of rotatable bonds is 1. The van der Waals surface area contributed by atoms with Crippen LogP contribution in [0.4, 0.5) is 5.95 Å². The lowest BCUT2D eigenvalue weighted by atomic mass is 9.97. The van der Waals surface area contributed by atoms with Gasteiger partial charge < -0.3 is 10.3 Å². The van der Waals surface area contributed by atoms with Crippen LogP contribution in [0.2, 0.25) is 5.02 Å². The Morgan fingerprint density at radius 2 is 2.06 bits per heavy atom. The number of hydrogen-bond donors (Lipinski definition) is 1. The number of nitrogen functional groups attached to an aromatic ring is 1. The van der Waals surface area contributed by atoms with E-state index >= 15 is 0 Å². The Labute approximate surface area is 100 Å². The van der Waals surface area contributed by atoms with Crippen LogP contribution in [0.3, 0.4) is 0 Å². The zero-order valence-corrected chi connectivity index (χ0v) is 10.5. The van der Waals surface area contributed by atoms with Crippen LogP contribution in [-0.4, -0.2) is 9.55 Å². The standard InChI is InChI=1S/C12H16ClN3/c1-12(2,3)7-16-10-6-8(13)4-5-9(10)15-11(16)14/h4-6H,7H2,1-3H3,(H2,14,15). The molecule has 0 aliphatic carbocycles. The summed E-state index contributed by atoms with van der Waals surface area (Å²) < 4.78 is 2.02. The lowest BCUT2D eigenvalue weighted by Crippen LogP contribution is -2.17. The van der Waals surface area contributed by atoms with Crippen LogP contribution in [0, 0.1) is 5.41 Å². The van der Waals surface area contributed by atoms with E-state index in [9.17, 15) is 0 Å². The second-order valence-corrected chi connectivity index (χ2v) is 5.69. The highest BCUT2D eigenvalue weighted by atomic mass is 35.5. The summed E-state index contributed by atoms with van der Waals surface area (Å²) in [6, 6.07) is 5.64. The summed E-state index contributed by atoms with van der Waals surface area (Å²) in [5.41, 5.74) is 7.97. The molecular formula is C12H16ClN3. The molecule has 2 aromatic rings. The number of fused-ring (bicyclic) bond motifs is 1. The Morgan fingerprint density at radius 3 is 2.69 bits per heavy atom. The van der Waals surface area contributed by atoms with E-state index in [0.717, 1.165) is 17.6 Å². The molecule has 0 atom stereocenters. The number of imidazole rings is 1. The molecule has 86 valence electrons. The Morgan fingerprint density at radius 1 is 1.38 bits per heavy atom. The van der Waals surface area contributed by atoms with Crippen molar-refractivity contribution in [2.75, 3.05) is 5.73 Å². The van der Waals surface area contributed by atoms with Gasteiger partial charge in [0.05, 0.1) is 11.0 Å². The minimum atomic E-state index is 0.157. The van der Waals surface area contributed by atoms with Crippen LogP contribution in [-0.2, 0) is 6.54 Å². The van der Waals surface area contributed by atoms with E-state index < -0.39 is 0 Å². The van der Waals surface area contributed by atoms with Gasteiger partial charge in [0.25, 0.3) is 0 Å². The quantitative estimate of drug-likeness (QED) is 0.827. The lowest BCUT2D eigenvalue weighted by molar-refractivity contribution is 0.351. The van der Waals surface area contributed by atoms with Crippen LogP contribution >= 0.6 is 11.6 Å². The van der Waals surface area contributed by atoms with Gasteiger partial charge >= 0.3 is 0 Å². The molecule has 0 saturated heterocycles. The van der Waals surface area contributed by atoms with Crippen molar-refractivity contribution < 1.29 is 0 Å². The lowest BCUT2D eigenvalue weighted by Gasteiger charge is -2.20. The molecule has 0 bridgehead atoms. The van der Waals surface area contributed by atoms with E-state index in [4.69, 9.17) is 17.3 Å². The van der Waals surface area contributed by atoms with E-state index in [0.29, 0.717) is 11.0 Å². The molecule has 4 heteroatoms. The van der Waals surface area contributed by atoms with E-state index in [1.807, 2.05) is 22.8 Å². The van der Waals surface area contributed by atoms with Crippen LogP contribution in [0.1, 0.15) is 20.8 Å². The fourth-order valence-corrected chi connectivity index (χ4v) is 1.92. The Bertz CT molecular complexity index is 523. The fraction of sp³-hybridized carbons (Fsp3) is 0.417. The molecule has 0 aliphatic rings. The van der Waals surface area contributed by atoms with Crippen LogP contribution in [0.5, 0.6) is 0 Å². The van der Waals surface area contributed by atoms with Gasteiger partial charge in [0.1, 0.15) is 0 Å². The second kappa shape index (κ2) is 3.67. The number of anilines is 1. The monoisotopic (exact) mass is 237 g/mol. The van der Waals surface area contributed by atoms with Crippen LogP contribution in [0.25, 0.3) is 11.0 Å². The molecule has 3 nitrogen and oxygen atoms in total. The normalized spacial score (nSPS) is 12.2. The molecule has 1 aromatic heterocycles. The summed E-state index contributed by atoms with van der Waals surface area (Å²) in [4.78, 5) is 4.32. The smallest absolute Gasteiger partial charge is 0.201 e. The first-order valence-electron chi connectivity index (χ1n) is 5.28. The van der Waals surface area contributed by atoms with E-state index in [1.54, 1.807) is 0 Å². The van der Waals surface area contributed by atoms with Crippen LogP contribution < -0.4 is 5.73 Å². The minimum Gasteiger partial charge on any atom is -0.369 e. The van der Waals surface area contributed by atoms with Crippen molar-refractivity contribution in [3.8, 4) is 0 Å². The number of aromatic nitrogens is 2. The van der Waals surface area contributed by atoms with Crippen LogP contribution in [0.15, 0.2) is 18.2 Å². The number of nitrogens with two attached hydrogens (primary N) is 1. The molecule has 0 unspecified atom stereocenters. The molecule has 1 heterocycles. The van der Waals surface area contributed by atoms with Crippen molar-refractivity contribution >= 4 is 28.6 Å². The summed E-state index contributed by atoms with van der Waals surface area (Å²) in [7, 11) is 0. The van der Waals surface area contributed by atoms with Gasteiger partial charge in [-0.2, -0.15) is 0 Å². The number of hydrogen-bond acceptors (Lipinski definition) is 2. The fourth-order valence-electron chi connectivity index (χ4n) is 1.76. The topological polar surface area (TPSA) is 43.8 Å². The number of benzene rings is 1. The molecule has 2 N–H and O–H groups in total. The molecule has 0 aliphatic heterocycles. The molecule has 0 amide bonds. The molecule has 1 aromatic carbocycles. The summed E-state index contributed by atoms with van der Waals surface area (Å²) in [5.74, 6) is 0.548. The predicted molar refractivity (Wildman–Crippen MR) is 68.6 cm³/mol. The first kappa shape index (κ1) is 11.3. The van der Waals surface area contributed by atoms with E-state index in [-0.39, 0.29) is 5.41 Å². The maximum atomic E-state index is 5.99. The average molecular weight is 238 g/mol. The first-order chi connectivity index (χ1) is 7.37. The van der Waals surface area contributed by atoms with Crippen molar-refractivity contribution in [2.24, 2.45) is 5.41 Å². The minimum absolute atomic E-state index is 0.157. The third-order valence-corrected chi connectivity index (χ3v) is 2.61. The highest BCUT2D eigenvalue weighted by molar-refractivity contribution is 6.31. The van der Waals surface area contributed by atoms with Gasteiger partial charge in [0, 0.05) is 11.6 Å². The molecule has 2 rings (SSSR count). The summed E-state index contributed by atoms with van der Waals surface area (Å²) in [6.07, 6.45) is 0. The van der Waals surface area contributed by atoms with Gasteiger partial charge in [-0.05, 0) is 23.6 Å². The Hall–Kier alpha value is -1.22. The largest absolute Gasteiger partial charge is 0.369 e. The van der Waals surface area contributed by atoms with Crippen molar-refractivity contribution in [1.29, 1.82) is 0 Å². The van der Waals surface area contributed by atoms with Gasteiger partial charge in [-0.3, -0.25) is 0 Å². The van der Waals surface area contributed by atoms with E-state index in [1.165, 1.54) is 0 Å². The first-order valence-corrected chi connectivity index (χ1v) is 5.66. The Balaban J connectivity index is 2.58. The second-order valence-electron chi connectivity index (χ2n) is 5.25. The molecule has 0 radical (unpaired) electrons. The van der Waals surface area contributed by atoms with Gasteiger partial charge in [0.2, 0.25) is 5.95 Å². The molecular weight excluding hydrogens is 222 g/mol. The number of nitrogens with zero attached hydrogens (tertiary/aromatic N) is 2. The molecule has 0 saturated carbocycles. The molecule has 0 fully saturated rings. The summed E-state index contributed by atoms with van der Waals surface area (Å²) in [5, 5.41) is 0.711. The third kappa shape index (κ3) is 2.14. The maximum Gasteiger partial charge on any atom is 0.201 e. The zero-order valence-electron chi connectivity index (χ0n) is 9.79. The third-order valence-electron chi connectivity index (χ3n) is 2.37. The van der Waals surface area contributed by atoms with Crippen molar-refractivity contribution in [3.05, 3.63) is 23.2 Å². The average Bonchev–Trinajstić information content (AvgIpc) is 2.42. The van der Waals surface area contributed by atoms with Crippen molar-refractivity contribution in [1.82, 2.24) is 9.55 Å². The van der Waals surface area contributed by atoms with Gasteiger partial charge in [-0.1, -0.05) is 32.4 Å². The van der Waals surface area contributed by atoms with Crippen molar-refractivity contribution in [3.63, 3.8) is 0 Å². The highest BCUT2D eigenvalue weighted by Crippen LogP contribution is 2.26. The highest BCUT2D eigenvalue weighted by Gasteiger charge is 2.16. The maximum absolute atomic E-state index is 5.99. The molecule has 0 spiro atoms. The Kier molecular flexibility index (Phi) is 2.58.